The normalized spacial score (nSPS) is 19.3. The molecule has 1 saturated heterocycles. The van der Waals surface area contributed by atoms with Crippen LogP contribution in [0.4, 0.5) is 19.0 Å². The summed E-state index contributed by atoms with van der Waals surface area (Å²) in [5.41, 5.74) is -0.302. The number of amides is 1. The molecule has 4 rings (SSSR count). The van der Waals surface area contributed by atoms with E-state index in [2.05, 4.69) is 15.3 Å². The second kappa shape index (κ2) is 7.07. The van der Waals surface area contributed by atoms with Gasteiger partial charge in [-0.25, -0.2) is 9.97 Å². The minimum absolute atomic E-state index is 0.0221. The summed E-state index contributed by atoms with van der Waals surface area (Å²) in [6, 6.07) is 10.8. The highest BCUT2D eigenvalue weighted by Crippen LogP contribution is 2.48. The predicted octanol–water partition coefficient (Wildman–Crippen LogP) is 3.31. The van der Waals surface area contributed by atoms with E-state index in [0.29, 0.717) is 25.9 Å². The predicted molar refractivity (Wildman–Crippen MR) is 97.8 cm³/mol. The van der Waals surface area contributed by atoms with Crippen LogP contribution in [0.3, 0.4) is 0 Å². The first-order valence-electron chi connectivity index (χ1n) is 9.39. The summed E-state index contributed by atoms with van der Waals surface area (Å²) in [4.78, 5) is 21.9. The van der Waals surface area contributed by atoms with Gasteiger partial charge in [0.1, 0.15) is 17.8 Å². The zero-order valence-corrected chi connectivity index (χ0v) is 15.2. The number of hydrogen-bond donors (Lipinski definition) is 1. The van der Waals surface area contributed by atoms with Gasteiger partial charge in [-0.1, -0.05) is 30.3 Å². The average molecular weight is 390 g/mol. The zero-order chi connectivity index (χ0) is 19.8. The largest absolute Gasteiger partial charge is 0.433 e. The van der Waals surface area contributed by atoms with Crippen LogP contribution in [0.1, 0.15) is 36.9 Å². The number of carbonyl (C=O) groups excluding carboxylic acids is 1. The van der Waals surface area contributed by atoms with Crippen molar-refractivity contribution in [2.75, 3.05) is 18.0 Å². The summed E-state index contributed by atoms with van der Waals surface area (Å²) in [6.45, 7) is 1.08. The molecule has 0 unspecified atom stereocenters. The molecule has 1 amide bonds. The van der Waals surface area contributed by atoms with Gasteiger partial charge in [0.05, 0.1) is 5.41 Å². The standard InChI is InChI=1S/C20H21F3N4O/c21-20(22,23)16-12-17(25-13-24-16)27-10-6-15(7-11-27)26-18(28)19(8-9-19)14-4-2-1-3-5-14/h1-5,12-13,15H,6-11H2,(H,26,28). The van der Waals surface area contributed by atoms with E-state index in [1.807, 2.05) is 35.2 Å². The van der Waals surface area contributed by atoms with Crippen LogP contribution in [0.5, 0.6) is 0 Å². The zero-order valence-electron chi connectivity index (χ0n) is 15.2. The molecule has 2 heterocycles. The Balaban J connectivity index is 1.36. The van der Waals surface area contributed by atoms with E-state index < -0.39 is 17.3 Å². The highest BCUT2D eigenvalue weighted by molar-refractivity contribution is 5.91. The minimum atomic E-state index is -4.49. The molecule has 0 bridgehead atoms. The Labute approximate surface area is 161 Å². The monoisotopic (exact) mass is 390 g/mol. The molecule has 0 radical (unpaired) electrons. The van der Waals surface area contributed by atoms with Gasteiger partial charge in [0.2, 0.25) is 5.91 Å². The Kier molecular flexibility index (Phi) is 4.72. The molecule has 1 aliphatic carbocycles. The smallest absolute Gasteiger partial charge is 0.356 e. The van der Waals surface area contributed by atoms with Gasteiger partial charge in [0.25, 0.3) is 0 Å². The fourth-order valence-corrected chi connectivity index (χ4v) is 3.78. The highest BCUT2D eigenvalue weighted by Gasteiger charge is 2.51. The fraction of sp³-hybridized carbons (Fsp3) is 0.450. The summed E-state index contributed by atoms with van der Waals surface area (Å²) < 4.78 is 38.5. The van der Waals surface area contributed by atoms with Gasteiger partial charge in [-0.15, -0.1) is 0 Å². The van der Waals surface area contributed by atoms with Crippen LogP contribution in [0, 0.1) is 0 Å². The molecule has 0 atom stereocenters. The molecule has 148 valence electrons. The maximum atomic E-state index is 12.8. The third-order valence-corrected chi connectivity index (χ3v) is 5.61. The number of anilines is 1. The molecule has 2 fully saturated rings. The number of aromatic nitrogens is 2. The molecule has 0 spiro atoms. The molecule has 1 aromatic heterocycles. The van der Waals surface area contributed by atoms with Crippen molar-refractivity contribution in [1.29, 1.82) is 0 Å². The van der Waals surface area contributed by atoms with Crippen LogP contribution in [-0.4, -0.2) is 35.0 Å². The lowest BCUT2D eigenvalue weighted by Gasteiger charge is -2.34. The maximum Gasteiger partial charge on any atom is 0.433 e. The Bertz CT molecular complexity index is 844. The molecule has 8 heteroatoms. The summed E-state index contributed by atoms with van der Waals surface area (Å²) in [7, 11) is 0. The number of carbonyl (C=O) groups is 1. The van der Waals surface area contributed by atoms with Crippen LogP contribution in [-0.2, 0) is 16.4 Å². The quantitative estimate of drug-likeness (QED) is 0.870. The van der Waals surface area contributed by atoms with Crippen molar-refractivity contribution < 1.29 is 18.0 Å². The van der Waals surface area contributed by atoms with E-state index in [1.54, 1.807) is 0 Å². The highest BCUT2D eigenvalue weighted by atomic mass is 19.4. The van der Waals surface area contributed by atoms with Gasteiger partial charge >= 0.3 is 6.18 Å². The van der Waals surface area contributed by atoms with Crippen LogP contribution in [0.2, 0.25) is 0 Å². The molecule has 1 N–H and O–H groups in total. The number of halogens is 3. The van der Waals surface area contributed by atoms with Gasteiger partial charge in [-0.3, -0.25) is 4.79 Å². The number of benzene rings is 1. The van der Waals surface area contributed by atoms with E-state index >= 15 is 0 Å². The first-order chi connectivity index (χ1) is 13.4. The van der Waals surface area contributed by atoms with Crippen molar-refractivity contribution in [1.82, 2.24) is 15.3 Å². The third kappa shape index (κ3) is 3.68. The van der Waals surface area contributed by atoms with Gasteiger partial charge in [0.15, 0.2) is 0 Å². The third-order valence-electron chi connectivity index (χ3n) is 5.61. The van der Waals surface area contributed by atoms with Crippen LogP contribution >= 0.6 is 0 Å². The molecule has 28 heavy (non-hydrogen) atoms. The van der Waals surface area contributed by atoms with Crippen LogP contribution < -0.4 is 10.2 Å². The van der Waals surface area contributed by atoms with Crippen molar-refractivity contribution in [3.8, 4) is 0 Å². The number of hydrogen-bond acceptors (Lipinski definition) is 4. The second-order valence-electron chi connectivity index (χ2n) is 7.44. The van der Waals surface area contributed by atoms with Crippen LogP contribution in [0.25, 0.3) is 0 Å². The van der Waals surface area contributed by atoms with Crippen molar-refractivity contribution in [3.63, 3.8) is 0 Å². The fourth-order valence-electron chi connectivity index (χ4n) is 3.78. The van der Waals surface area contributed by atoms with Gasteiger partial charge in [-0.05, 0) is 31.2 Å². The van der Waals surface area contributed by atoms with E-state index in [1.165, 1.54) is 0 Å². The molecule has 2 aromatic rings. The molecule has 1 aliphatic heterocycles. The molecule has 1 aromatic carbocycles. The molecule has 5 nitrogen and oxygen atoms in total. The van der Waals surface area contributed by atoms with Gasteiger partial charge in [-0.2, -0.15) is 13.2 Å². The first kappa shape index (κ1) is 18.7. The Morgan fingerprint density at radius 3 is 2.39 bits per heavy atom. The number of rotatable bonds is 4. The van der Waals surface area contributed by atoms with Crippen LogP contribution in [0.15, 0.2) is 42.7 Å². The Hall–Kier alpha value is -2.64. The summed E-state index contributed by atoms with van der Waals surface area (Å²) >= 11 is 0. The molecule has 1 saturated carbocycles. The van der Waals surface area contributed by atoms with Crippen molar-refractivity contribution in [2.24, 2.45) is 0 Å². The van der Waals surface area contributed by atoms with Gasteiger partial charge in [0, 0.05) is 25.2 Å². The summed E-state index contributed by atoms with van der Waals surface area (Å²) in [6.07, 6.45) is -0.502. The lowest BCUT2D eigenvalue weighted by Crippen LogP contribution is -2.47. The average Bonchev–Trinajstić information content (AvgIpc) is 3.51. The van der Waals surface area contributed by atoms with E-state index in [4.69, 9.17) is 0 Å². The summed E-state index contributed by atoms with van der Waals surface area (Å²) in [5.74, 6) is 0.327. The SMILES string of the molecule is O=C(NC1CCN(c2cc(C(F)(F)F)ncn2)CC1)C1(c2ccccc2)CC1. The molecular weight excluding hydrogens is 369 g/mol. The minimum Gasteiger partial charge on any atom is -0.356 e. The first-order valence-corrected chi connectivity index (χ1v) is 9.39. The lowest BCUT2D eigenvalue weighted by molar-refractivity contribution is -0.141. The van der Waals surface area contributed by atoms with E-state index in [9.17, 15) is 18.0 Å². The van der Waals surface area contributed by atoms with Crippen molar-refractivity contribution in [2.45, 2.75) is 43.3 Å². The van der Waals surface area contributed by atoms with Crippen molar-refractivity contribution in [3.05, 3.63) is 54.0 Å². The second-order valence-corrected chi connectivity index (χ2v) is 7.44. The number of alkyl halides is 3. The summed E-state index contributed by atoms with van der Waals surface area (Å²) in [5, 5.41) is 3.15. The maximum absolute atomic E-state index is 12.8. The Morgan fingerprint density at radius 1 is 1.11 bits per heavy atom. The van der Waals surface area contributed by atoms with Crippen molar-refractivity contribution >= 4 is 11.7 Å². The lowest BCUT2D eigenvalue weighted by atomic mass is 9.94. The Morgan fingerprint density at radius 2 is 1.79 bits per heavy atom. The molecule has 2 aliphatic rings. The molecular formula is C20H21F3N4O. The van der Waals surface area contributed by atoms with Gasteiger partial charge < -0.3 is 10.2 Å². The number of piperidine rings is 1. The number of nitrogens with zero attached hydrogens (tertiary/aromatic N) is 3. The van der Waals surface area contributed by atoms with E-state index in [0.717, 1.165) is 30.8 Å². The van der Waals surface area contributed by atoms with E-state index in [-0.39, 0.29) is 17.8 Å². The number of nitrogens with one attached hydrogen (secondary N) is 1. The topological polar surface area (TPSA) is 58.1 Å².